The van der Waals surface area contributed by atoms with E-state index < -0.39 is 5.97 Å². The zero-order chi connectivity index (χ0) is 8.27. The second kappa shape index (κ2) is 5.36. The third-order valence-corrected chi connectivity index (χ3v) is 1.60. The molecule has 0 aliphatic rings. The normalized spacial score (nSPS) is 8.75. The number of benzene rings is 1. The minimum atomic E-state index is -1.12. The van der Waals surface area contributed by atoms with E-state index >= 15 is 0 Å². The van der Waals surface area contributed by atoms with Crippen molar-refractivity contribution in [3.05, 3.63) is 35.4 Å². The molecule has 0 unspecified atom stereocenters. The van der Waals surface area contributed by atoms with Crippen LogP contribution in [-0.2, 0) is 6.42 Å². The van der Waals surface area contributed by atoms with E-state index in [4.69, 9.17) is 0 Å². The summed E-state index contributed by atoms with van der Waals surface area (Å²) in [5, 5.41) is 10.3. The van der Waals surface area contributed by atoms with Crippen molar-refractivity contribution >= 4 is 5.97 Å². The SMILES string of the molecule is CCc1ccc(C(=O)[O-])cc1.[Na+]. The van der Waals surface area contributed by atoms with Crippen molar-refractivity contribution in [1.29, 1.82) is 0 Å². The van der Waals surface area contributed by atoms with Crippen LogP contribution in [0.15, 0.2) is 24.3 Å². The van der Waals surface area contributed by atoms with Crippen LogP contribution < -0.4 is 34.7 Å². The third kappa shape index (κ3) is 2.97. The Hall–Kier alpha value is -0.310. The molecular weight excluding hydrogens is 163 g/mol. The van der Waals surface area contributed by atoms with Gasteiger partial charge < -0.3 is 9.90 Å². The van der Waals surface area contributed by atoms with E-state index in [0.29, 0.717) is 0 Å². The average molecular weight is 172 g/mol. The van der Waals surface area contributed by atoms with Gasteiger partial charge in [-0.05, 0) is 17.5 Å². The van der Waals surface area contributed by atoms with Crippen LogP contribution in [0.25, 0.3) is 0 Å². The summed E-state index contributed by atoms with van der Waals surface area (Å²) in [6, 6.07) is 6.72. The monoisotopic (exact) mass is 172 g/mol. The molecule has 0 saturated carbocycles. The van der Waals surface area contributed by atoms with Crippen LogP contribution in [-0.4, -0.2) is 5.97 Å². The van der Waals surface area contributed by atoms with Crippen LogP contribution in [0.2, 0.25) is 0 Å². The van der Waals surface area contributed by atoms with Crippen LogP contribution in [0.5, 0.6) is 0 Å². The van der Waals surface area contributed by atoms with Crippen LogP contribution in [0.3, 0.4) is 0 Å². The molecule has 0 saturated heterocycles. The van der Waals surface area contributed by atoms with Crippen molar-refractivity contribution in [1.82, 2.24) is 0 Å². The molecule has 0 radical (unpaired) electrons. The fourth-order valence-electron chi connectivity index (χ4n) is 0.877. The topological polar surface area (TPSA) is 40.1 Å². The maximum absolute atomic E-state index is 10.3. The minimum absolute atomic E-state index is 0. The molecular formula is C9H9NaO2. The first-order valence-corrected chi connectivity index (χ1v) is 3.54. The molecule has 0 fully saturated rings. The molecule has 0 atom stereocenters. The molecule has 1 rings (SSSR count). The number of carboxylic acids is 1. The third-order valence-electron chi connectivity index (χ3n) is 1.60. The smallest absolute Gasteiger partial charge is 0.545 e. The zero-order valence-electron chi connectivity index (χ0n) is 7.33. The van der Waals surface area contributed by atoms with Crippen molar-refractivity contribution in [2.24, 2.45) is 0 Å². The van der Waals surface area contributed by atoms with Crippen LogP contribution >= 0.6 is 0 Å². The van der Waals surface area contributed by atoms with Gasteiger partial charge in [0.05, 0.1) is 5.97 Å². The minimum Gasteiger partial charge on any atom is -0.545 e. The van der Waals surface area contributed by atoms with Gasteiger partial charge in [-0.2, -0.15) is 0 Å². The number of aryl methyl sites for hydroxylation is 1. The second-order valence-corrected chi connectivity index (χ2v) is 2.34. The number of hydrogen-bond donors (Lipinski definition) is 0. The summed E-state index contributed by atoms with van der Waals surface area (Å²) in [6.45, 7) is 2.02. The first-order valence-electron chi connectivity index (χ1n) is 3.54. The molecule has 58 valence electrons. The molecule has 0 heterocycles. The molecule has 1 aromatic rings. The molecule has 3 heteroatoms. The van der Waals surface area contributed by atoms with Gasteiger partial charge in [0.25, 0.3) is 0 Å². The number of hydrogen-bond acceptors (Lipinski definition) is 2. The number of rotatable bonds is 2. The molecule has 1 aromatic carbocycles. The van der Waals surface area contributed by atoms with Crippen molar-refractivity contribution < 1.29 is 39.5 Å². The second-order valence-electron chi connectivity index (χ2n) is 2.34. The van der Waals surface area contributed by atoms with Gasteiger partial charge in [0.2, 0.25) is 0 Å². The van der Waals surface area contributed by atoms with E-state index in [-0.39, 0.29) is 35.1 Å². The van der Waals surface area contributed by atoms with Gasteiger partial charge >= 0.3 is 29.6 Å². The average Bonchev–Trinajstić information content (AvgIpc) is 2.05. The largest absolute Gasteiger partial charge is 1.00 e. The van der Waals surface area contributed by atoms with Crippen LogP contribution in [0.1, 0.15) is 22.8 Å². The van der Waals surface area contributed by atoms with E-state index in [9.17, 15) is 9.90 Å². The molecule has 0 aliphatic carbocycles. The molecule has 0 aromatic heterocycles. The Kier molecular flexibility index (Phi) is 5.22. The summed E-state index contributed by atoms with van der Waals surface area (Å²) in [5.74, 6) is -1.12. The zero-order valence-corrected chi connectivity index (χ0v) is 9.33. The number of carbonyl (C=O) groups excluding carboxylic acids is 1. The molecule has 0 bridgehead atoms. The molecule has 2 nitrogen and oxygen atoms in total. The number of aromatic carboxylic acids is 1. The number of carbonyl (C=O) groups is 1. The summed E-state index contributed by atoms with van der Waals surface area (Å²) < 4.78 is 0. The van der Waals surface area contributed by atoms with Gasteiger partial charge in [-0.3, -0.25) is 0 Å². The van der Waals surface area contributed by atoms with Gasteiger partial charge in [-0.25, -0.2) is 0 Å². The van der Waals surface area contributed by atoms with Gasteiger partial charge in [-0.15, -0.1) is 0 Å². The van der Waals surface area contributed by atoms with Crippen LogP contribution in [0.4, 0.5) is 0 Å². The first-order chi connectivity index (χ1) is 5.24. The Morgan fingerprint density at radius 1 is 1.33 bits per heavy atom. The van der Waals surface area contributed by atoms with E-state index in [1.54, 1.807) is 24.3 Å². The van der Waals surface area contributed by atoms with Crippen molar-refractivity contribution in [3.63, 3.8) is 0 Å². The van der Waals surface area contributed by atoms with Gasteiger partial charge in [0.15, 0.2) is 0 Å². The van der Waals surface area contributed by atoms with E-state index in [1.165, 1.54) is 0 Å². The summed E-state index contributed by atoms with van der Waals surface area (Å²) in [7, 11) is 0. The quantitative estimate of drug-likeness (QED) is 0.467. The molecule has 0 spiro atoms. The molecule has 0 amide bonds. The fraction of sp³-hybridized carbons (Fsp3) is 0.222. The number of carboxylic acid groups (broad SMARTS) is 1. The summed E-state index contributed by atoms with van der Waals surface area (Å²) >= 11 is 0. The van der Waals surface area contributed by atoms with E-state index in [0.717, 1.165) is 12.0 Å². The Bertz CT molecular complexity index is 254. The first kappa shape index (κ1) is 11.7. The van der Waals surface area contributed by atoms with Crippen LogP contribution in [0, 0.1) is 0 Å². The predicted molar refractivity (Wildman–Crippen MR) is 40.2 cm³/mol. The standard InChI is InChI=1S/C9H10O2.Na/c1-2-7-3-5-8(6-4-7)9(10)11;/h3-6H,2H2,1H3,(H,10,11);/q;+1/p-1. The van der Waals surface area contributed by atoms with Gasteiger partial charge in [0.1, 0.15) is 0 Å². The van der Waals surface area contributed by atoms with Crippen molar-refractivity contribution in [2.75, 3.05) is 0 Å². The summed E-state index contributed by atoms with van der Waals surface area (Å²) in [4.78, 5) is 10.3. The Morgan fingerprint density at radius 2 is 1.83 bits per heavy atom. The van der Waals surface area contributed by atoms with E-state index in [1.807, 2.05) is 6.92 Å². The maximum atomic E-state index is 10.3. The predicted octanol–water partition coefficient (Wildman–Crippen LogP) is -2.38. The van der Waals surface area contributed by atoms with Crippen molar-refractivity contribution in [3.8, 4) is 0 Å². The van der Waals surface area contributed by atoms with E-state index in [2.05, 4.69) is 0 Å². The summed E-state index contributed by atoms with van der Waals surface area (Å²) in [6.07, 6.45) is 0.924. The Labute approximate surface area is 93.9 Å². The fourth-order valence-corrected chi connectivity index (χ4v) is 0.877. The maximum Gasteiger partial charge on any atom is 1.00 e. The Balaban J connectivity index is 0.00000121. The van der Waals surface area contributed by atoms with Gasteiger partial charge in [0, 0.05) is 0 Å². The molecule has 0 aliphatic heterocycles. The summed E-state index contributed by atoms with van der Waals surface area (Å²) in [5.41, 5.74) is 1.37. The Morgan fingerprint density at radius 3 is 2.17 bits per heavy atom. The van der Waals surface area contributed by atoms with Crippen molar-refractivity contribution in [2.45, 2.75) is 13.3 Å². The molecule has 12 heavy (non-hydrogen) atoms. The molecule has 0 N–H and O–H groups in total. The van der Waals surface area contributed by atoms with Gasteiger partial charge in [-0.1, -0.05) is 31.2 Å².